The molecular formula is C31H30N8O4. The molecule has 0 saturated carbocycles. The van der Waals surface area contributed by atoms with E-state index in [2.05, 4.69) is 25.0 Å². The lowest BCUT2D eigenvalue weighted by Gasteiger charge is -2.39. The molecule has 1 amide bonds. The van der Waals surface area contributed by atoms with Crippen molar-refractivity contribution in [3.05, 3.63) is 93.6 Å². The summed E-state index contributed by atoms with van der Waals surface area (Å²) in [5.41, 5.74) is 3.45. The number of methoxy groups -OCH3 is 1. The van der Waals surface area contributed by atoms with Crippen molar-refractivity contribution in [2.45, 2.75) is 44.6 Å². The number of benzene rings is 1. The maximum atomic E-state index is 13.8. The van der Waals surface area contributed by atoms with E-state index in [-0.39, 0.29) is 22.6 Å². The number of rotatable bonds is 6. The number of carbonyl (C=O) groups excluding carboxylic acids is 1. The van der Waals surface area contributed by atoms with Gasteiger partial charge < -0.3 is 14.4 Å². The van der Waals surface area contributed by atoms with Gasteiger partial charge in [-0.2, -0.15) is 9.50 Å². The van der Waals surface area contributed by atoms with Gasteiger partial charge in [-0.25, -0.2) is 19.9 Å². The van der Waals surface area contributed by atoms with Crippen molar-refractivity contribution in [1.29, 1.82) is 0 Å². The summed E-state index contributed by atoms with van der Waals surface area (Å²) in [5, 5.41) is 3.09. The zero-order chi connectivity index (χ0) is 29.6. The van der Waals surface area contributed by atoms with Gasteiger partial charge >= 0.3 is 0 Å². The molecule has 0 atom stereocenters. The van der Waals surface area contributed by atoms with Crippen molar-refractivity contribution in [3.63, 3.8) is 0 Å². The van der Waals surface area contributed by atoms with Crippen LogP contribution in [0.4, 0.5) is 0 Å². The summed E-state index contributed by atoms with van der Waals surface area (Å²) in [7, 11) is 1.58. The molecule has 5 aromatic rings. The summed E-state index contributed by atoms with van der Waals surface area (Å²) in [6, 6.07) is 13.3. The molecule has 1 N–H and O–H groups in total. The van der Waals surface area contributed by atoms with Crippen molar-refractivity contribution < 1.29 is 14.3 Å². The number of hydrogen-bond acceptors (Lipinski definition) is 9. The fourth-order valence-electron chi connectivity index (χ4n) is 6.22. The number of carbonyl (C=O) groups is 1. The molecule has 7 rings (SSSR count). The number of hydrogen-bond donors (Lipinski definition) is 1. The second-order valence-electron chi connectivity index (χ2n) is 11.0. The van der Waals surface area contributed by atoms with E-state index < -0.39 is 0 Å². The number of aromatic nitrogens is 7. The Balaban J connectivity index is 1.12. The zero-order valence-corrected chi connectivity index (χ0v) is 23.9. The lowest BCUT2D eigenvalue weighted by molar-refractivity contribution is 0.0653. The minimum atomic E-state index is -0.352. The van der Waals surface area contributed by atoms with E-state index in [9.17, 15) is 9.59 Å². The topological polar surface area (TPSA) is 140 Å². The number of nitrogens with zero attached hydrogens (tertiary/aromatic N) is 7. The summed E-state index contributed by atoms with van der Waals surface area (Å²) in [5.74, 6) is 1.61. The third kappa shape index (κ3) is 4.68. The standard InChI is InChI=1S/C31H30N8O4/c1-19-26(43-17-20-6-4-3-5-7-20)25(34-18-33-19)29(41)38-14-12-31(13-15-38)11-10-22-24(31)28(40)39-30(35-22)36-27(37-39)23-9-8-21(42-2)16-32-23/h3-9,16,18H,10-15,17H2,1-2H3,(H,35,36,37). The van der Waals surface area contributed by atoms with Gasteiger partial charge in [-0.05, 0) is 50.3 Å². The second kappa shape index (κ2) is 10.6. The van der Waals surface area contributed by atoms with Crippen LogP contribution in [0.25, 0.3) is 17.3 Å². The third-order valence-electron chi connectivity index (χ3n) is 8.57. The van der Waals surface area contributed by atoms with Gasteiger partial charge in [-0.3, -0.25) is 14.7 Å². The largest absolute Gasteiger partial charge is 0.495 e. The van der Waals surface area contributed by atoms with Crippen LogP contribution in [0.2, 0.25) is 0 Å². The van der Waals surface area contributed by atoms with Crippen molar-refractivity contribution in [2.24, 2.45) is 0 Å². The second-order valence-corrected chi connectivity index (χ2v) is 11.0. The predicted octanol–water partition coefficient (Wildman–Crippen LogP) is 3.29. The molecule has 1 fully saturated rings. The van der Waals surface area contributed by atoms with Gasteiger partial charge in [0.15, 0.2) is 17.3 Å². The van der Waals surface area contributed by atoms with E-state index in [1.165, 1.54) is 10.8 Å². The highest BCUT2D eigenvalue weighted by Gasteiger charge is 2.46. The fraction of sp³-hybridized carbons (Fsp3) is 0.323. The summed E-state index contributed by atoms with van der Waals surface area (Å²) >= 11 is 0. The van der Waals surface area contributed by atoms with Gasteiger partial charge in [0.25, 0.3) is 17.2 Å². The van der Waals surface area contributed by atoms with Crippen molar-refractivity contribution in [2.75, 3.05) is 20.2 Å². The van der Waals surface area contributed by atoms with Crippen molar-refractivity contribution in [3.8, 4) is 23.0 Å². The minimum Gasteiger partial charge on any atom is -0.495 e. The molecule has 218 valence electrons. The Morgan fingerprint density at radius 1 is 1.02 bits per heavy atom. The molecule has 43 heavy (non-hydrogen) atoms. The van der Waals surface area contributed by atoms with Gasteiger partial charge in [0.1, 0.15) is 24.4 Å². The van der Waals surface area contributed by atoms with E-state index >= 15 is 0 Å². The average Bonchev–Trinajstić information content (AvgIpc) is 3.63. The van der Waals surface area contributed by atoms with Crippen LogP contribution in [0.5, 0.6) is 11.5 Å². The normalized spacial score (nSPS) is 15.5. The molecule has 2 aliphatic rings. The first-order valence-corrected chi connectivity index (χ1v) is 14.3. The number of likely N-dealkylation sites (tertiary alicyclic amines) is 1. The number of amides is 1. The molecule has 0 unspecified atom stereocenters. The van der Waals surface area contributed by atoms with Crippen molar-refractivity contribution in [1.82, 2.24) is 39.4 Å². The first kappa shape index (κ1) is 26.7. The number of H-pyrrole nitrogens is 1. The molecular weight excluding hydrogens is 548 g/mol. The molecule has 5 heterocycles. The third-order valence-corrected chi connectivity index (χ3v) is 8.57. The SMILES string of the molecule is COc1ccc(-c2nc3nc4c(c(=O)n3[nH]2)C2(CC4)CCN(C(=O)c3ncnc(C)c3OCc3ccccc3)CC2)nc1. The Kier molecular flexibility index (Phi) is 6.60. The Labute approximate surface area is 246 Å². The van der Waals surface area contributed by atoms with Crippen LogP contribution in [0.15, 0.2) is 59.8 Å². The Morgan fingerprint density at radius 3 is 2.58 bits per heavy atom. The van der Waals surface area contributed by atoms with Gasteiger partial charge in [0, 0.05) is 24.1 Å². The Morgan fingerprint density at radius 2 is 1.84 bits per heavy atom. The monoisotopic (exact) mass is 578 g/mol. The van der Waals surface area contributed by atoms with Crippen LogP contribution in [-0.2, 0) is 18.4 Å². The molecule has 12 heteroatoms. The van der Waals surface area contributed by atoms with E-state index in [0.29, 0.717) is 73.4 Å². The summed E-state index contributed by atoms with van der Waals surface area (Å²) < 4.78 is 12.7. The molecule has 4 aromatic heterocycles. The lowest BCUT2D eigenvalue weighted by atomic mass is 9.74. The van der Waals surface area contributed by atoms with Crippen LogP contribution in [0.3, 0.4) is 0 Å². The maximum Gasteiger partial charge on any atom is 0.278 e. The Bertz CT molecular complexity index is 1880. The first-order chi connectivity index (χ1) is 21.0. The molecule has 12 nitrogen and oxygen atoms in total. The lowest BCUT2D eigenvalue weighted by Crippen LogP contribution is -2.46. The van der Waals surface area contributed by atoms with E-state index in [0.717, 1.165) is 23.2 Å². The number of fused-ring (bicyclic) bond motifs is 3. The van der Waals surface area contributed by atoms with Crippen LogP contribution in [0.1, 0.15) is 52.3 Å². The maximum absolute atomic E-state index is 13.8. The molecule has 1 aromatic carbocycles. The molecule has 1 spiro atoms. The number of pyridine rings is 1. The van der Waals surface area contributed by atoms with Crippen LogP contribution in [0, 0.1) is 6.92 Å². The van der Waals surface area contributed by atoms with E-state index in [4.69, 9.17) is 14.5 Å². The number of nitrogens with one attached hydrogen (secondary N) is 1. The van der Waals surface area contributed by atoms with Gasteiger partial charge in [-0.15, -0.1) is 0 Å². The van der Waals surface area contributed by atoms with Crippen LogP contribution >= 0.6 is 0 Å². The first-order valence-electron chi connectivity index (χ1n) is 14.3. The highest BCUT2D eigenvalue weighted by molar-refractivity contribution is 5.95. The highest BCUT2D eigenvalue weighted by atomic mass is 16.5. The quantitative estimate of drug-likeness (QED) is 0.321. The van der Waals surface area contributed by atoms with Crippen LogP contribution in [-0.4, -0.2) is 65.5 Å². The molecule has 1 aliphatic heterocycles. The van der Waals surface area contributed by atoms with Gasteiger partial charge in [0.05, 0.1) is 24.7 Å². The molecule has 1 saturated heterocycles. The fourth-order valence-corrected chi connectivity index (χ4v) is 6.22. The highest BCUT2D eigenvalue weighted by Crippen LogP contribution is 2.44. The van der Waals surface area contributed by atoms with Crippen LogP contribution < -0.4 is 15.0 Å². The summed E-state index contributed by atoms with van der Waals surface area (Å²) in [6.07, 6.45) is 5.81. The van der Waals surface area contributed by atoms with Gasteiger partial charge in [0.2, 0.25) is 0 Å². The zero-order valence-electron chi connectivity index (χ0n) is 23.9. The molecule has 0 bridgehead atoms. The number of ether oxygens (including phenoxy) is 2. The predicted molar refractivity (Wildman–Crippen MR) is 156 cm³/mol. The van der Waals surface area contributed by atoms with Gasteiger partial charge in [-0.1, -0.05) is 30.3 Å². The summed E-state index contributed by atoms with van der Waals surface area (Å²) in [4.78, 5) is 51.6. The smallest absolute Gasteiger partial charge is 0.278 e. The minimum absolute atomic E-state index is 0.146. The van der Waals surface area contributed by atoms with Crippen molar-refractivity contribution >= 4 is 11.7 Å². The van der Waals surface area contributed by atoms with E-state index in [1.807, 2.05) is 37.3 Å². The molecule has 0 radical (unpaired) electrons. The Hall–Kier alpha value is -5.13. The number of piperidine rings is 1. The molecule has 1 aliphatic carbocycles. The number of aromatic amines is 1. The summed E-state index contributed by atoms with van der Waals surface area (Å²) in [6.45, 7) is 3.11. The number of aryl methyl sites for hydroxylation is 2. The van der Waals surface area contributed by atoms with E-state index in [1.54, 1.807) is 30.3 Å². The average molecular weight is 579 g/mol.